The number of hydrogen-bond acceptors (Lipinski definition) is 7. The first-order valence-corrected chi connectivity index (χ1v) is 13.9. The summed E-state index contributed by atoms with van der Waals surface area (Å²) in [5.41, 5.74) is 3.35. The van der Waals surface area contributed by atoms with E-state index in [1.807, 2.05) is 17.0 Å². The highest BCUT2D eigenvalue weighted by Crippen LogP contribution is 2.36. The smallest absolute Gasteiger partial charge is 0.253 e. The molecule has 2 aliphatic heterocycles. The second-order valence-corrected chi connectivity index (χ2v) is 10.6. The molecule has 1 atom stereocenters. The van der Waals surface area contributed by atoms with E-state index in [4.69, 9.17) is 5.10 Å². The number of aromatic amines is 1. The number of anilines is 3. The van der Waals surface area contributed by atoms with Crippen LogP contribution in [-0.2, 0) is 4.79 Å². The molecule has 0 bridgehead atoms. The maximum Gasteiger partial charge on any atom is 0.253 e. The Kier molecular flexibility index (Phi) is 7.31. The number of carbonyl (C=O) groups excluding carboxylic acids is 2. The van der Waals surface area contributed by atoms with Gasteiger partial charge in [-0.2, -0.15) is 14.6 Å². The van der Waals surface area contributed by atoms with Crippen molar-refractivity contribution in [2.75, 3.05) is 41.7 Å². The third kappa shape index (κ3) is 5.67. The van der Waals surface area contributed by atoms with Crippen molar-refractivity contribution in [3.05, 3.63) is 67.0 Å². The van der Waals surface area contributed by atoms with Gasteiger partial charge in [0.2, 0.25) is 11.9 Å². The lowest BCUT2D eigenvalue weighted by Gasteiger charge is -2.34. The molecule has 3 N–H and O–H groups in total. The molecule has 0 unspecified atom stereocenters. The summed E-state index contributed by atoms with van der Waals surface area (Å²) in [7, 11) is 0. The largest absolute Gasteiger partial charge is 0.356 e. The van der Waals surface area contributed by atoms with Gasteiger partial charge in [0, 0.05) is 73.6 Å². The van der Waals surface area contributed by atoms with Crippen LogP contribution in [0.15, 0.2) is 61.4 Å². The second-order valence-electron chi connectivity index (χ2n) is 10.6. The van der Waals surface area contributed by atoms with Crippen LogP contribution in [0, 0.1) is 0 Å². The van der Waals surface area contributed by atoms with E-state index in [2.05, 4.69) is 32.4 Å². The molecule has 4 aromatic rings. The average Bonchev–Trinajstić information content (AvgIpc) is 3.67. The van der Waals surface area contributed by atoms with Crippen LogP contribution < -0.4 is 15.5 Å². The molecule has 0 radical (unpaired) electrons. The fraction of sp³-hybridized carbons (Fsp3) is 0.345. The highest BCUT2D eigenvalue weighted by Gasteiger charge is 2.36. The Morgan fingerprint density at radius 1 is 1.10 bits per heavy atom. The van der Waals surface area contributed by atoms with Crippen LogP contribution in [0.25, 0.3) is 16.8 Å². The van der Waals surface area contributed by atoms with Crippen LogP contribution in [-0.4, -0.2) is 79.7 Å². The number of benzene rings is 1. The molecule has 0 aliphatic carbocycles. The van der Waals surface area contributed by atoms with E-state index >= 15 is 0 Å². The van der Waals surface area contributed by atoms with Crippen LogP contribution in [0.2, 0.25) is 0 Å². The number of alkyl halides is 2. The monoisotopic (exact) mass is 575 g/mol. The number of likely N-dealkylation sites (tertiary alicyclic amines) is 1. The van der Waals surface area contributed by atoms with Gasteiger partial charge in [0.15, 0.2) is 5.65 Å². The zero-order valence-corrected chi connectivity index (χ0v) is 22.9. The lowest BCUT2D eigenvalue weighted by molar-refractivity contribution is -0.111. The van der Waals surface area contributed by atoms with Gasteiger partial charge in [-0.25, -0.2) is 8.78 Å². The molecule has 11 nitrogen and oxygen atoms in total. The Labute approximate surface area is 240 Å². The van der Waals surface area contributed by atoms with Gasteiger partial charge in [0.25, 0.3) is 11.8 Å². The predicted octanol–water partition coefficient (Wildman–Crippen LogP) is 4.20. The minimum atomic E-state index is -2.68. The van der Waals surface area contributed by atoms with Crippen molar-refractivity contribution in [1.82, 2.24) is 29.7 Å². The van der Waals surface area contributed by atoms with Gasteiger partial charge in [-0.1, -0.05) is 6.58 Å². The molecule has 2 aliphatic rings. The quantitative estimate of drug-likeness (QED) is 0.282. The summed E-state index contributed by atoms with van der Waals surface area (Å²) in [6.45, 7) is 4.93. The van der Waals surface area contributed by atoms with Gasteiger partial charge in [0.05, 0.1) is 6.20 Å². The summed E-state index contributed by atoms with van der Waals surface area (Å²) in [6, 6.07) is 10.4. The number of hydrogen-bond donors (Lipinski definition) is 3. The van der Waals surface area contributed by atoms with Crippen molar-refractivity contribution in [2.45, 2.75) is 37.6 Å². The van der Waals surface area contributed by atoms with Crippen molar-refractivity contribution in [3.8, 4) is 11.1 Å². The number of nitrogens with zero attached hydrogens (tertiary/aromatic N) is 6. The molecule has 1 aromatic carbocycles. The lowest BCUT2D eigenvalue weighted by Crippen LogP contribution is -2.45. The molecule has 3 aromatic heterocycles. The zero-order chi connectivity index (χ0) is 29.3. The standard InChI is InChI=1S/C29H31F2N9O2/c1-2-25(41)34-21-7-5-19(6-8-21)27(42)39-13-3-4-22(18-39)35-28-36-24-10-9-23(20-16-32-33-17-20)26(40(24)37-28)38-14-11-29(30,31)12-15-38/h2,5-10,16-17,22H,1,3-4,11-15,18H2,(H,32,33)(H,34,41)(H,35,37)/t22-/m1/s1. The average molecular weight is 576 g/mol. The maximum atomic E-state index is 14.0. The molecular formula is C29H31F2N9O2. The van der Waals surface area contributed by atoms with Gasteiger partial charge in [0.1, 0.15) is 5.82 Å². The minimum absolute atomic E-state index is 0.0725. The number of H-pyrrole nitrogens is 1. The highest BCUT2D eigenvalue weighted by atomic mass is 19.3. The van der Waals surface area contributed by atoms with Crippen molar-refractivity contribution in [3.63, 3.8) is 0 Å². The van der Waals surface area contributed by atoms with Gasteiger partial charge >= 0.3 is 0 Å². The van der Waals surface area contributed by atoms with Crippen molar-refractivity contribution in [2.24, 2.45) is 0 Å². The summed E-state index contributed by atoms with van der Waals surface area (Å²) in [5.74, 6) is -1.99. The van der Waals surface area contributed by atoms with Crippen LogP contribution in [0.5, 0.6) is 0 Å². The normalized spacial score (nSPS) is 18.6. The van der Waals surface area contributed by atoms with Gasteiger partial charge in [-0.05, 0) is 55.3 Å². The molecule has 0 saturated carbocycles. The molecule has 2 amide bonds. The summed E-state index contributed by atoms with van der Waals surface area (Å²) in [5, 5.41) is 17.7. The van der Waals surface area contributed by atoms with Gasteiger partial charge in [-0.15, -0.1) is 5.10 Å². The highest BCUT2D eigenvalue weighted by molar-refractivity contribution is 5.99. The Morgan fingerprint density at radius 3 is 2.60 bits per heavy atom. The SMILES string of the molecule is C=CC(=O)Nc1ccc(C(=O)N2CCC[C@@H](Nc3nc4ccc(-c5cn[nH]c5)c(N5CCC(F)(F)CC5)n4n3)C2)cc1. The van der Waals surface area contributed by atoms with Crippen LogP contribution >= 0.6 is 0 Å². The Bertz CT molecular complexity index is 1590. The fourth-order valence-electron chi connectivity index (χ4n) is 5.50. The van der Waals surface area contributed by atoms with E-state index in [-0.39, 0.29) is 43.8 Å². The van der Waals surface area contributed by atoms with Gasteiger partial charge < -0.3 is 20.4 Å². The molecule has 2 saturated heterocycles. The third-order valence-electron chi connectivity index (χ3n) is 7.70. The molecule has 218 valence electrons. The molecule has 0 spiro atoms. The number of halogens is 2. The third-order valence-corrected chi connectivity index (χ3v) is 7.70. The Hall–Kier alpha value is -4.81. The number of pyridine rings is 1. The molecule has 6 rings (SSSR count). The second kappa shape index (κ2) is 11.2. The number of amides is 2. The number of rotatable bonds is 7. The summed E-state index contributed by atoms with van der Waals surface area (Å²) in [6.07, 6.45) is 5.82. The first-order chi connectivity index (χ1) is 20.3. The number of piperidine rings is 2. The topological polar surface area (TPSA) is 124 Å². The van der Waals surface area contributed by atoms with Crippen LogP contribution in [0.4, 0.5) is 26.2 Å². The maximum absolute atomic E-state index is 14.0. The van der Waals surface area contributed by atoms with E-state index in [1.165, 1.54) is 6.08 Å². The van der Waals surface area contributed by atoms with E-state index < -0.39 is 5.92 Å². The van der Waals surface area contributed by atoms with E-state index in [0.29, 0.717) is 41.8 Å². The number of nitrogens with one attached hydrogen (secondary N) is 3. The first kappa shape index (κ1) is 27.4. The Morgan fingerprint density at radius 2 is 1.88 bits per heavy atom. The first-order valence-electron chi connectivity index (χ1n) is 13.9. The lowest BCUT2D eigenvalue weighted by atomic mass is 10.0. The summed E-state index contributed by atoms with van der Waals surface area (Å²) in [4.78, 5) is 33.2. The van der Waals surface area contributed by atoms with E-state index in [9.17, 15) is 18.4 Å². The summed E-state index contributed by atoms with van der Waals surface area (Å²) >= 11 is 0. The summed E-state index contributed by atoms with van der Waals surface area (Å²) < 4.78 is 29.7. The Balaban J connectivity index is 1.20. The molecular weight excluding hydrogens is 544 g/mol. The number of carbonyl (C=O) groups is 2. The van der Waals surface area contributed by atoms with Crippen LogP contribution in [0.1, 0.15) is 36.0 Å². The van der Waals surface area contributed by atoms with Crippen molar-refractivity contribution in [1.29, 1.82) is 0 Å². The zero-order valence-electron chi connectivity index (χ0n) is 22.9. The predicted molar refractivity (Wildman–Crippen MR) is 155 cm³/mol. The van der Waals surface area contributed by atoms with Gasteiger partial charge in [-0.3, -0.25) is 14.7 Å². The molecule has 13 heteroatoms. The minimum Gasteiger partial charge on any atom is -0.356 e. The van der Waals surface area contributed by atoms with Crippen molar-refractivity contribution < 1.29 is 18.4 Å². The fourth-order valence-corrected chi connectivity index (χ4v) is 5.50. The number of fused-ring (bicyclic) bond motifs is 1. The molecule has 42 heavy (non-hydrogen) atoms. The van der Waals surface area contributed by atoms with Crippen molar-refractivity contribution >= 4 is 34.9 Å². The van der Waals surface area contributed by atoms with E-state index in [0.717, 1.165) is 24.0 Å². The number of aromatic nitrogens is 5. The van der Waals surface area contributed by atoms with Crippen LogP contribution in [0.3, 0.4) is 0 Å². The molecule has 2 fully saturated rings. The molecule has 5 heterocycles. The van der Waals surface area contributed by atoms with E-state index in [1.54, 1.807) is 46.1 Å².